The summed E-state index contributed by atoms with van der Waals surface area (Å²) in [5, 5.41) is 0. The van der Waals surface area contributed by atoms with E-state index >= 15 is 0 Å². The highest BCUT2D eigenvalue weighted by atomic mass is 31.2. The average molecular weight is 364 g/mol. The van der Waals surface area contributed by atoms with Crippen molar-refractivity contribution in [2.24, 2.45) is 0 Å². The highest BCUT2D eigenvalue weighted by Gasteiger charge is 2.25. The Hall–Kier alpha value is -0.480. The van der Waals surface area contributed by atoms with Crippen LogP contribution >= 0.6 is 15.2 Å². The third-order valence-electron chi connectivity index (χ3n) is 3.03. The van der Waals surface area contributed by atoms with Crippen molar-refractivity contribution >= 4 is 15.2 Å². The van der Waals surface area contributed by atoms with Gasteiger partial charge in [-0.05, 0) is 31.9 Å². The molecule has 6 nitrogen and oxygen atoms in total. The topological polar surface area (TPSA) is 71.1 Å². The predicted octanol–water partition coefficient (Wildman–Crippen LogP) is 4.83. The largest absolute Gasteiger partial charge is 0.335 e. The molecule has 1 atom stereocenters. The van der Waals surface area contributed by atoms with Crippen LogP contribution in [0, 0.1) is 0 Å². The number of hydrogen-bond donors (Lipinski definition) is 0. The summed E-state index contributed by atoms with van der Waals surface area (Å²) in [7, 11) is -4.84. The van der Waals surface area contributed by atoms with Crippen LogP contribution in [0.15, 0.2) is 24.3 Å². The normalized spacial score (nSPS) is 14.6. The van der Waals surface area contributed by atoms with Crippen molar-refractivity contribution in [3.05, 3.63) is 35.4 Å². The standard InChI is InChI=1S/C15H26O6P2/c1-5-19-22(16,18-4)12-14-8-10-15(11-9-14)13-23(17,20-6-2)21-7-3/h8-11H,5-7,12-13H2,1-4H3. The van der Waals surface area contributed by atoms with Crippen LogP contribution in [0.2, 0.25) is 0 Å². The fourth-order valence-corrected chi connectivity index (χ4v) is 5.16. The van der Waals surface area contributed by atoms with Crippen LogP contribution in [-0.2, 0) is 39.5 Å². The lowest BCUT2D eigenvalue weighted by molar-refractivity contribution is 0.219. The van der Waals surface area contributed by atoms with Crippen molar-refractivity contribution in [1.82, 2.24) is 0 Å². The molecule has 0 saturated heterocycles. The Morgan fingerprint density at radius 1 is 0.739 bits per heavy atom. The van der Waals surface area contributed by atoms with Gasteiger partial charge in [-0.25, -0.2) is 0 Å². The molecular weight excluding hydrogens is 338 g/mol. The molecule has 132 valence electrons. The Morgan fingerprint density at radius 3 is 1.43 bits per heavy atom. The van der Waals surface area contributed by atoms with Crippen molar-refractivity contribution in [2.45, 2.75) is 33.1 Å². The molecule has 23 heavy (non-hydrogen) atoms. The molecule has 0 heterocycles. The molecule has 0 saturated carbocycles. The smallest absolute Gasteiger partial charge is 0.312 e. The summed E-state index contributed by atoms with van der Waals surface area (Å²) in [6, 6.07) is 7.29. The van der Waals surface area contributed by atoms with Crippen LogP contribution in [-0.4, -0.2) is 26.9 Å². The van der Waals surface area contributed by atoms with E-state index in [1.807, 2.05) is 24.3 Å². The van der Waals surface area contributed by atoms with Crippen molar-refractivity contribution < 1.29 is 27.2 Å². The maximum absolute atomic E-state index is 12.5. The Morgan fingerprint density at radius 2 is 1.09 bits per heavy atom. The van der Waals surface area contributed by atoms with Crippen molar-refractivity contribution in [2.75, 3.05) is 26.9 Å². The zero-order valence-corrected chi connectivity index (χ0v) is 16.0. The first-order valence-corrected chi connectivity index (χ1v) is 11.1. The van der Waals surface area contributed by atoms with Gasteiger partial charge in [0.25, 0.3) is 0 Å². The second kappa shape index (κ2) is 9.73. The SMILES string of the molecule is CCOP(=O)(Cc1ccc(CP(=O)(OCC)OCC)cc1)OC. The summed E-state index contributed by atoms with van der Waals surface area (Å²) in [6.45, 7) is 6.33. The first-order chi connectivity index (χ1) is 10.9. The van der Waals surface area contributed by atoms with Gasteiger partial charge in [0.05, 0.1) is 32.1 Å². The molecular formula is C15H26O6P2. The van der Waals surface area contributed by atoms with Crippen LogP contribution in [0.25, 0.3) is 0 Å². The van der Waals surface area contributed by atoms with E-state index in [0.29, 0.717) is 19.8 Å². The fourth-order valence-electron chi connectivity index (χ4n) is 2.08. The molecule has 0 fully saturated rings. The molecule has 0 amide bonds. The molecule has 1 aromatic rings. The fraction of sp³-hybridized carbons (Fsp3) is 0.600. The van der Waals surface area contributed by atoms with E-state index in [1.54, 1.807) is 20.8 Å². The van der Waals surface area contributed by atoms with Gasteiger partial charge in [-0.15, -0.1) is 0 Å². The summed E-state index contributed by atoms with van der Waals surface area (Å²) in [6.07, 6.45) is 0.411. The van der Waals surface area contributed by atoms with Crippen LogP contribution in [0.5, 0.6) is 0 Å². The highest BCUT2D eigenvalue weighted by Crippen LogP contribution is 2.52. The molecule has 1 rings (SSSR count). The van der Waals surface area contributed by atoms with Crippen LogP contribution in [0.1, 0.15) is 31.9 Å². The van der Waals surface area contributed by atoms with Crippen molar-refractivity contribution in [3.8, 4) is 0 Å². The molecule has 0 aliphatic carbocycles. The molecule has 0 bridgehead atoms. The Bertz CT molecular complexity index is 548. The van der Waals surface area contributed by atoms with E-state index in [-0.39, 0.29) is 12.3 Å². The molecule has 0 aliphatic heterocycles. The van der Waals surface area contributed by atoms with Crippen LogP contribution < -0.4 is 0 Å². The number of benzene rings is 1. The van der Waals surface area contributed by atoms with Crippen LogP contribution in [0.3, 0.4) is 0 Å². The van der Waals surface area contributed by atoms with E-state index < -0.39 is 15.2 Å². The molecule has 1 aromatic carbocycles. The van der Waals surface area contributed by atoms with Gasteiger partial charge in [0.1, 0.15) is 0 Å². The van der Waals surface area contributed by atoms with Gasteiger partial charge in [-0.3, -0.25) is 9.13 Å². The average Bonchev–Trinajstić information content (AvgIpc) is 2.50. The summed E-state index contributed by atoms with van der Waals surface area (Å²) >= 11 is 0. The van der Waals surface area contributed by atoms with Crippen LogP contribution in [0.4, 0.5) is 0 Å². The monoisotopic (exact) mass is 364 g/mol. The molecule has 0 N–H and O–H groups in total. The minimum absolute atomic E-state index is 0.201. The molecule has 0 spiro atoms. The number of hydrogen-bond acceptors (Lipinski definition) is 6. The second-order valence-electron chi connectivity index (χ2n) is 4.79. The lowest BCUT2D eigenvalue weighted by atomic mass is 10.2. The lowest BCUT2D eigenvalue weighted by Gasteiger charge is -2.18. The van der Waals surface area contributed by atoms with Gasteiger partial charge < -0.3 is 18.1 Å². The minimum atomic E-state index is -3.12. The van der Waals surface area contributed by atoms with E-state index in [9.17, 15) is 9.13 Å². The van der Waals surface area contributed by atoms with Gasteiger partial charge in [-0.2, -0.15) is 0 Å². The molecule has 0 radical (unpaired) electrons. The third kappa shape index (κ3) is 6.88. The lowest BCUT2D eigenvalue weighted by Crippen LogP contribution is -2.00. The van der Waals surface area contributed by atoms with E-state index in [1.165, 1.54) is 7.11 Å². The van der Waals surface area contributed by atoms with Gasteiger partial charge in [-0.1, -0.05) is 24.3 Å². The first-order valence-electron chi connectivity index (χ1n) is 7.65. The van der Waals surface area contributed by atoms with Crippen molar-refractivity contribution in [1.29, 1.82) is 0 Å². The Labute approximate surface area is 138 Å². The van der Waals surface area contributed by atoms with E-state index in [2.05, 4.69) is 0 Å². The molecule has 8 heteroatoms. The quantitative estimate of drug-likeness (QED) is 0.524. The summed E-state index contributed by atoms with van der Waals surface area (Å²) in [5.74, 6) is 0. The third-order valence-corrected chi connectivity index (χ3v) is 7.05. The van der Waals surface area contributed by atoms with Gasteiger partial charge in [0.15, 0.2) is 0 Å². The molecule has 1 unspecified atom stereocenters. The maximum atomic E-state index is 12.5. The molecule has 0 aliphatic rings. The predicted molar refractivity (Wildman–Crippen MR) is 91.0 cm³/mol. The highest BCUT2D eigenvalue weighted by molar-refractivity contribution is 7.53. The summed E-state index contributed by atoms with van der Waals surface area (Å²) in [5.41, 5.74) is 1.66. The van der Waals surface area contributed by atoms with E-state index in [0.717, 1.165) is 11.1 Å². The van der Waals surface area contributed by atoms with Gasteiger partial charge in [0.2, 0.25) is 0 Å². The zero-order valence-electron chi connectivity index (χ0n) is 14.2. The van der Waals surface area contributed by atoms with E-state index in [4.69, 9.17) is 18.1 Å². The Kier molecular flexibility index (Phi) is 8.70. The Balaban J connectivity index is 2.80. The second-order valence-corrected chi connectivity index (χ2v) is 9.01. The maximum Gasteiger partial charge on any atom is 0.335 e. The molecule has 0 aromatic heterocycles. The zero-order chi connectivity index (χ0) is 17.3. The number of rotatable bonds is 11. The van der Waals surface area contributed by atoms with Gasteiger partial charge in [0, 0.05) is 7.11 Å². The minimum Gasteiger partial charge on any atom is -0.312 e. The summed E-state index contributed by atoms with van der Waals surface area (Å²) < 4.78 is 45.6. The van der Waals surface area contributed by atoms with Gasteiger partial charge >= 0.3 is 15.2 Å². The first kappa shape index (κ1) is 20.6. The summed E-state index contributed by atoms with van der Waals surface area (Å²) in [4.78, 5) is 0. The van der Waals surface area contributed by atoms with Crippen molar-refractivity contribution in [3.63, 3.8) is 0 Å².